The molecule has 0 fully saturated rings. The number of anilines is 6. The van der Waals surface area contributed by atoms with E-state index in [1.807, 2.05) is 173 Å². The van der Waals surface area contributed by atoms with E-state index in [1.54, 1.807) is 9.80 Å². The molecule has 12 aromatic rings. The van der Waals surface area contributed by atoms with Gasteiger partial charge in [0.25, 0.3) is 0 Å². The van der Waals surface area contributed by atoms with Crippen LogP contribution in [0, 0.1) is 27.7 Å². The highest BCUT2D eigenvalue weighted by Crippen LogP contribution is 2.49. The largest absolute Gasteiger partial charge is 0.310 e. The molecule has 0 radical (unpaired) electrons. The number of para-hydroxylation sites is 2. The van der Waals surface area contributed by atoms with Crippen LogP contribution in [0.1, 0.15) is 36.0 Å². The Bertz CT molecular complexity index is 4040. The van der Waals surface area contributed by atoms with Crippen molar-refractivity contribution in [2.75, 3.05) is 9.80 Å². The summed E-state index contributed by atoms with van der Waals surface area (Å²) in [5.41, 5.74) is 13.7. The van der Waals surface area contributed by atoms with Crippen molar-refractivity contribution >= 4 is 66.4 Å². The van der Waals surface area contributed by atoms with Crippen molar-refractivity contribution in [3.63, 3.8) is 0 Å². The summed E-state index contributed by atoms with van der Waals surface area (Å²) in [4.78, 5) is 3.60. The van der Waals surface area contributed by atoms with Crippen LogP contribution in [0.2, 0.25) is 0 Å². The fourth-order valence-electron chi connectivity index (χ4n) is 10.1. The molecule has 0 aromatic heterocycles. The lowest BCUT2D eigenvalue weighted by Gasteiger charge is -2.30. The molecule has 0 aliphatic rings. The van der Waals surface area contributed by atoms with Gasteiger partial charge in [0.15, 0.2) is 0 Å². The molecule has 0 heterocycles. The number of benzene rings is 12. The number of nitrogens with zero attached hydrogens (tertiary/aromatic N) is 2. The van der Waals surface area contributed by atoms with Gasteiger partial charge in [0.2, 0.25) is 0 Å². The van der Waals surface area contributed by atoms with Gasteiger partial charge in [0.1, 0.15) is 0 Å². The Labute approximate surface area is 425 Å². The SMILES string of the molecule is [2H]c1c([2H])c([2H])c(N(c2cc(-c3cccc(C)c3)cc(-c3cccc(C)c3)c2)c2ccc3ccc4c(N(c5cc(-c6cccc(C)c6)cc(-c6cccc(C)c6)c5)c5c([2H])c([2H])c([2H])c([2H])c5[2H])ccc5ccc2c3c54)c([2H])c1[2H]. The van der Waals surface area contributed by atoms with Crippen LogP contribution >= 0.6 is 0 Å². The van der Waals surface area contributed by atoms with E-state index < -0.39 is 36.3 Å². The maximum absolute atomic E-state index is 9.56. The monoisotopic (exact) mass is 906 g/mol. The molecule has 0 saturated carbocycles. The van der Waals surface area contributed by atoms with Gasteiger partial charge < -0.3 is 9.80 Å². The van der Waals surface area contributed by atoms with Gasteiger partial charge in [-0.2, -0.15) is 0 Å². The highest BCUT2D eigenvalue weighted by molar-refractivity contribution is 6.28. The van der Waals surface area contributed by atoms with Gasteiger partial charge in [-0.25, -0.2) is 0 Å². The van der Waals surface area contributed by atoms with Crippen LogP contribution in [0.25, 0.3) is 76.8 Å². The number of hydrogen-bond acceptors (Lipinski definition) is 2. The Morgan fingerprint density at radius 2 is 0.600 bits per heavy atom. The highest BCUT2D eigenvalue weighted by Gasteiger charge is 2.23. The van der Waals surface area contributed by atoms with Crippen LogP contribution in [0.5, 0.6) is 0 Å². The van der Waals surface area contributed by atoms with Gasteiger partial charge in [-0.15, -0.1) is 0 Å². The van der Waals surface area contributed by atoms with E-state index in [0.29, 0.717) is 22.7 Å². The minimum Gasteiger partial charge on any atom is -0.310 e. The number of aryl methyl sites for hydroxylation is 4. The maximum atomic E-state index is 9.56. The molecule has 0 saturated heterocycles. The van der Waals surface area contributed by atoms with Crippen LogP contribution < -0.4 is 9.80 Å². The lowest BCUT2D eigenvalue weighted by atomic mass is 9.91. The average molecular weight is 907 g/mol. The number of hydrogen-bond donors (Lipinski definition) is 0. The molecule has 0 aliphatic heterocycles. The fourth-order valence-corrected chi connectivity index (χ4v) is 10.1. The predicted molar refractivity (Wildman–Crippen MR) is 300 cm³/mol. The second-order valence-electron chi connectivity index (χ2n) is 18.2. The molecule has 0 bridgehead atoms. The third kappa shape index (κ3) is 7.94. The molecule has 0 unspecified atom stereocenters. The molecule has 70 heavy (non-hydrogen) atoms. The highest BCUT2D eigenvalue weighted by atomic mass is 15.1. The van der Waals surface area contributed by atoms with E-state index >= 15 is 0 Å². The first-order valence-corrected chi connectivity index (χ1v) is 23.5. The molecule has 0 amide bonds. The first-order valence-electron chi connectivity index (χ1n) is 28.5. The Kier molecular flexibility index (Phi) is 8.33. The Hall–Kier alpha value is -8.72. The first kappa shape index (κ1) is 32.9. The minimum absolute atomic E-state index is 0.0198. The summed E-state index contributed by atoms with van der Waals surface area (Å²) in [7, 11) is 0. The van der Waals surface area contributed by atoms with Crippen molar-refractivity contribution in [2.45, 2.75) is 27.7 Å². The number of rotatable bonds is 10. The molecule has 0 aliphatic carbocycles. The zero-order valence-electron chi connectivity index (χ0n) is 49.2. The lowest BCUT2D eigenvalue weighted by Crippen LogP contribution is -2.12. The van der Waals surface area contributed by atoms with Crippen LogP contribution in [0.3, 0.4) is 0 Å². The van der Waals surface area contributed by atoms with Crippen LogP contribution in [-0.4, -0.2) is 0 Å². The van der Waals surface area contributed by atoms with Gasteiger partial charge in [0.05, 0.1) is 25.1 Å². The molecule has 0 spiro atoms. The Balaban J connectivity index is 1.17. The maximum Gasteiger partial charge on any atom is 0.0645 e. The van der Waals surface area contributed by atoms with E-state index in [4.69, 9.17) is 8.22 Å². The molecule has 2 heteroatoms. The summed E-state index contributed by atoms with van der Waals surface area (Å²) < 4.78 is 91.6. The topological polar surface area (TPSA) is 6.48 Å². The minimum atomic E-state index is -0.500. The molecular weight excluding hydrogens is 845 g/mol. The quantitative estimate of drug-likeness (QED) is 0.126. The molecule has 0 N–H and O–H groups in total. The first-order chi connectivity index (χ1) is 38.4. The molecule has 334 valence electrons. The van der Waals surface area contributed by atoms with E-state index in [1.165, 1.54) is 0 Å². The summed E-state index contributed by atoms with van der Waals surface area (Å²) >= 11 is 0. The zero-order chi connectivity index (χ0) is 56.0. The van der Waals surface area contributed by atoms with Gasteiger partial charge in [-0.05, 0) is 166 Å². The molecular formula is C68H52N2. The summed E-state index contributed by atoms with van der Waals surface area (Å²) in [5.74, 6) is 0. The van der Waals surface area contributed by atoms with E-state index in [0.717, 1.165) is 99.1 Å². The molecule has 0 atom stereocenters. The van der Waals surface area contributed by atoms with Gasteiger partial charge in [-0.1, -0.05) is 192 Å². The van der Waals surface area contributed by atoms with Crippen molar-refractivity contribution in [3.05, 3.63) is 265 Å². The lowest BCUT2D eigenvalue weighted by molar-refractivity contribution is 1.30. The summed E-state index contributed by atoms with van der Waals surface area (Å²) in [5, 5.41) is 4.82. The second kappa shape index (κ2) is 17.7. The Morgan fingerprint density at radius 3 is 0.914 bits per heavy atom. The smallest absolute Gasteiger partial charge is 0.0645 e. The van der Waals surface area contributed by atoms with E-state index in [-0.39, 0.29) is 35.5 Å². The summed E-state index contributed by atoms with van der Waals surface area (Å²) in [6, 6.07) is 56.7. The van der Waals surface area contributed by atoms with Crippen LogP contribution in [-0.2, 0) is 0 Å². The zero-order valence-corrected chi connectivity index (χ0v) is 39.2. The normalized spacial score (nSPS) is 13.4. The van der Waals surface area contributed by atoms with Crippen molar-refractivity contribution in [1.82, 2.24) is 0 Å². The third-order valence-electron chi connectivity index (χ3n) is 13.3. The van der Waals surface area contributed by atoms with Gasteiger partial charge in [-0.3, -0.25) is 0 Å². The molecule has 12 aromatic carbocycles. The standard InChI is InChI=1S/C68H52N2/c1-45-15-11-19-51(35-45)55-39-56(52-20-12-16-46(2)36-52)42-61(41-55)69(59-23-7-5-8-24-59)65-33-29-49-28-32-64-66(34-30-50-27-31-63(65)67(49)68(50)64)70(60-25-9-6-10-26-60)62-43-57(53-21-13-17-47(3)37-53)40-58(44-62)54-22-14-18-48(4)38-54/h5-44H,1-4H3/i5D,6D,7D,8D,9D,10D,23D,24D,25D,26D. The van der Waals surface area contributed by atoms with Crippen molar-refractivity contribution in [2.24, 2.45) is 0 Å². The fraction of sp³-hybridized carbons (Fsp3) is 0.0588. The van der Waals surface area contributed by atoms with Crippen LogP contribution in [0.4, 0.5) is 34.1 Å². The predicted octanol–water partition coefficient (Wildman–Crippen LogP) is 19.4. The van der Waals surface area contributed by atoms with Gasteiger partial charge in [0, 0.05) is 33.5 Å². The summed E-state index contributed by atoms with van der Waals surface area (Å²) in [6.07, 6.45) is 0. The van der Waals surface area contributed by atoms with E-state index in [2.05, 4.69) is 36.4 Å². The van der Waals surface area contributed by atoms with Crippen molar-refractivity contribution in [3.8, 4) is 44.5 Å². The second-order valence-corrected chi connectivity index (χ2v) is 18.2. The molecule has 2 nitrogen and oxygen atoms in total. The van der Waals surface area contributed by atoms with Crippen LogP contribution in [0.15, 0.2) is 242 Å². The van der Waals surface area contributed by atoms with Gasteiger partial charge >= 0.3 is 0 Å². The summed E-state index contributed by atoms with van der Waals surface area (Å²) in [6.45, 7) is 8.16. The Morgan fingerprint density at radius 1 is 0.286 bits per heavy atom. The average Bonchev–Trinajstić information content (AvgIpc) is 2.64. The third-order valence-corrected chi connectivity index (χ3v) is 13.3. The van der Waals surface area contributed by atoms with Crippen molar-refractivity contribution < 1.29 is 13.7 Å². The van der Waals surface area contributed by atoms with Crippen molar-refractivity contribution in [1.29, 1.82) is 0 Å². The molecule has 12 rings (SSSR count). The van der Waals surface area contributed by atoms with E-state index in [9.17, 15) is 5.48 Å².